The zero-order valence-electron chi connectivity index (χ0n) is 10.9. The number of nitrogens with one attached hydrogen (secondary N) is 1. The summed E-state index contributed by atoms with van der Waals surface area (Å²) >= 11 is 0. The third-order valence-corrected chi connectivity index (χ3v) is 3.50. The summed E-state index contributed by atoms with van der Waals surface area (Å²) in [5, 5.41) is 3.41. The molecule has 1 aliphatic carbocycles. The van der Waals surface area contributed by atoms with E-state index in [1.807, 2.05) is 0 Å². The molecular weight excluding hydrogens is 210 g/mol. The Kier molecular flexibility index (Phi) is 4.43. The van der Waals surface area contributed by atoms with Gasteiger partial charge in [0.1, 0.15) is 5.75 Å². The summed E-state index contributed by atoms with van der Waals surface area (Å²) in [6.07, 6.45) is 5.53. The predicted molar refractivity (Wildman–Crippen MR) is 71.4 cm³/mol. The van der Waals surface area contributed by atoms with Gasteiger partial charge in [0.2, 0.25) is 0 Å². The van der Waals surface area contributed by atoms with E-state index in [1.54, 1.807) is 0 Å². The van der Waals surface area contributed by atoms with Gasteiger partial charge in [-0.2, -0.15) is 0 Å². The van der Waals surface area contributed by atoms with Gasteiger partial charge in [0.25, 0.3) is 0 Å². The van der Waals surface area contributed by atoms with Crippen LogP contribution < -0.4 is 10.1 Å². The molecule has 0 radical (unpaired) electrons. The molecule has 2 rings (SSSR count). The average Bonchev–Trinajstić information content (AvgIpc) is 2.83. The normalized spacial score (nSPS) is 18.2. The highest BCUT2D eigenvalue weighted by Crippen LogP contribution is 2.25. The van der Waals surface area contributed by atoms with Crippen LogP contribution in [0.2, 0.25) is 0 Å². The van der Waals surface area contributed by atoms with Gasteiger partial charge >= 0.3 is 0 Å². The van der Waals surface area contributed by atoms with Gasteiger partial charge in [0, 0.05) is 6.04 Å². The van der Waals surface area contributed by atoms with Crippen molar-refractivity contribution in [3.8, 4) is 5.75 Å². The Balaban J connectivity index is 1.92. The van der Waals surface area contributed by atoms with Crippen LogP contribution in [0.3, 0.4) is 0 Å². The van der Waals surface area contributed by atoms with Crippen LogP contribution in [-0.4, -0.2) is 12.6 Å². The second kappa shape index (κ2) is 6.06. The van der Waals surface area contributed by atoms with Crippen LogP contribution in [0.25, 0.3) is 0 Å². The van der Waals surface area contributed by atoms with Crippen molar-refractivity contribution in [2.75, 3.05) is 6.54 Å². The Hall–Kier alpha value is -1.02. The van der Waals surface area contributed by atoms with Crippen molar-refractivity contribution >= 4 is 0 Å². The van der Waals surface area contributed by atoms with Crippen molar-refractivity contribution in [1.82, 2.24) is 5.32 Å². The Morgan fingerprint density at radius 2 is 1.88 bits per heavy atom. The Morgan fingerprint density at radius 3 is 2.47 bits per heavy atom. The molecule has 1 aliphatic rings. The summed E-state index contributed by atoms with van der Waals surface area (Å²) in [6.45, 7) is 5.33. The van der Waals surface area contributed by atoms with E-state index in [1.165, 1.54) is 31.2 Å². The molecule has 0 bridgehead atoms. The SMILES string of the molecule is CCN[C@H](C)c1ccc(OC2CCCC2)cc1. The fourth-order valence-electron chi connectivity index (χ4n) is 2.46. The van der Waals surface area contributed by atoms with Crippen LogP contribution in [0.4, 0.5) is 0 Å². The first-order valence-electron chi connectivity index (χ1n) is 6.79. The molecule has 2 heteroatoms. The molecule has 1 aromatic rings. The van der Waals surface area contributed by atoms with Crippen LogP contribution in [0.15, 0.2) is 24.3 Å². The summed E-state index contributed by atoms with van der Waals surface area (Å²) in [6, 6.07) is 8.94. The van der Waals surface area contributed by atoms with Crippen molar-refractivity contribution in [2.24, 2.45) is 0 Å². The lowest BCUT2D eigenvalue weighted by molar-refractivity contribution is 0.210. The minimum atomic E-state index is 0.417. The van der Waals surface area contributed by atoms with E-state index < -0.39 is 0 Å². The molecule has 0 amide bonds. The second-order valence-electron chi connectivity index (χ2n) is 4.87. The lowest BCUT2D eigenvalue weighted by Crippen LogP contribution is -2.17. The second-order valence-corrected chi connectivity index (χ2v) is 4.87. The zero-order chi connectivity index (χ0) is 12.1. The van der Waals surface area contributed by atoms with Crippen molar-refractivity contribution < 1.29 is 4.74 Å². The maximum absolute atomic E-state index is 5.95. The maximum Gasteiger partial charge on any atom is 0.119 e. The standard InChI is InChI=1S/C15H23NO/c1-3-16-12(2)13-8-10-15(11-9-13)17-14-6-4-5-7-14/h8-12,14,16H,3-7H2,1-2H3/t12-/m1/s1. The molecule has 0 heterocycles. The minimum absolute atomic E-state index is 0.417. The number of ether oxygens (including phenoxy) is 1. The molecule has 17 heavy (non-hydrogen) atoms. The lowest BCUT2D eigenvalue weighted by Gasteiger charge is -2.15. The van der Waals surface area contributed by atoms with E-state index in [9.17, 15) is 0 Å². The molecule has 94 valence electrons. The van der Waals surface area contributed by atoms with Gasteiger partial charge in [-0.3, -0.25) is 0 Å². The summed E-state index contributed by atoms with van der Waals surface area (Å²) in [7, 11) is 0. The third kappa shape index (κ3) is 3.47. The fraction of sp³-hybridized carbons (Fsp3) is 0.600. The van der Waals surface area contributed by atoms with E-state index in [0.717, 1.165) is 12.3 Å². The molecule has 1 N–H and O–H groups in total. The first kappa shape index (κ1) is 12.4. The molecule has 2 nitrogen and oxygen atoms in total. The molecule has 0 saturated heterocycles. The first-order chi connectivity index (χ1) is 8.29. The summed E-state index contributed by atoms with van der Waals surface area (Å²) in [4.78, 5) is 0. The predicted octanol–water partition coefficient (Wildman–Crippen LogP) is 3.68. The minimum Gasteiger partial charge on any atom is -0.490 e. The molecule has 0 spiro atoms. The van der Waals surface area contributed by atoms with Crippen LogP contribution >= 0.6 is 0 Å². The molecule has 1 saturated carbocycles. The monoisotopic (exact) mass is 233 g/mol. The summed E-state index contributed by atoms with van der Waals surface area (Å²) in [5.41, 5.74) is 1.32. The highest BCUT2D eigenvalue weighted by Gasteiger charge is 2.16. The summed E-state index contributed by atoms with van der Waals surface area (Å²) in [5.74, 6) is 1.02. The van der Waals surface area contributed by atoms with Crippen molar-refractivity contribution in [1.29, 1.82) is 0 Å². The number of hydrogen-bond donors (Lipinski definition) is 1. The van der Waals surface area contributed by atoms with Crippen LogP contribution in [0.5, 0.6) is 5.75 Å². The molecule has 0 unspecified atom stereocenters. The zero-order valence-corrected chi connectivity index (χ0v) is 10.9. The van der Waals surface area contributed by atoms with Crippen molar-refractivity contribution in [3.05, 3.63) is 29.8 Å². The highest BCUT2D eigenvalue weighted by atomic mass is 16.5. The number of rotatable bonds is 5. The lowest BCUT2D eigenvalue weighted by atomic mass is 10.1. The van der Waals surface area contributed by atoms with Crippen LogP contribution in [0, 0.1) is 0 Å². The van der Waals surface area contributed by atoms with Gasteiger partial charge in [-0.25, -0.2) is 0 Å². The summed E-state index contributed by atoms with van der Waals surface area (Å²) < 4.78 is 5.95. The van der Waals surface area contributed by atoms with Gasteiger partial charge in [-0.15, -0.1) is 0 Å². The van der Waals surface area contributed by atoms with Crippen LogP contribution in [0.1, 0.15) is 51.1 Å². The van der Waals surface area contributed by atoms with Gasteiger partial charge < -0.3 is 10.1 Å². The van der Waals surface area contributed by atoms with Gasteiger partial charge in [0.15, 0.2) is 0 Å². The third-order valence-electron chi connectivity index (χ3n) is 3.50. The van der Waals surface area contributed by atoms with E-state index in [4.69, 9.17) is 4.74 Å². The maximum atomic E-state index is 5.95. The number of hydrogen-bond acceptors (Lipinski definition) is 2. The van der Waals surface area contributed by atoms with Crippen molar-refractivity contribution in [3.63, 3.8) is 0 Å². The largest absolute Gasteiger partial charge is 0.490 e. The number of benzene rings is 1. The highest BCUT2D eigenvalue weighted by molar-refractivity contribution is 5.29. The van der Waals surface area contributed by atoms with E-state index in [0.29, 0.717) is 12.1 Å². The first-order valence-corrected chi connectivity index (χ1v) is 6.79. The fourth-order valence-corrected chi connectivity index (χ4v) is 2.46. The smallest absolute Gasteiger partial charge is 0.119 e. The van der Waals surface area contributed by atoms with Crippen LogP contribution in [-0.2, 0) is 0 Å². The molecule has 1 fully saturated rings. The molecular formula is C15H23NO. The van der Waals surface area contributed by atoms with Gasteiger partial charge in [0.05, 0.1) is 6.10 Å². The van der Waals surface area contributed by atoms with Gasteiger partial charge in [-0.05, 0) is 56.8 Å². The molecule has 0 aromatic heterocycles. The van der Waals surface area contributed by atoms with E-state index >= 15 is 0 Å². The topological polar surface area (TPSA) is 21.3 Å². The molecule has 0 aliphatic heterocycles. The van der Waals surface area contributed by atoms with Gasteiger partial charge in [-0.1, -0.05) is 19.1 Å². The average molecular weight is 233 g/mol. The Bertz CT molecular complexity index is 327. The van der Waals surface area contributed by atoms with E-state index in [-0.39, 0.29) is 0 Å². The quantitative estimate of drug-likeness (QED) is 0.837. The van der Waals surface area contributed by atoms with Crippen molar-refractivity contribution in [2.45, 2.75) is 51.7 Å². The Labute approximate surface area is 104 Å². The molecule has 1 aromatic carbocycles. The molecule has 1 atom stereocenters. The van der Waals surface area contributed by atoms with E-state index in [2.05, 4.69) is 43.4 Å². The Morgan fingerprint density at radius 1 is 1.24 bits per heavy atom.